The van der Waals surface area contributed by atoms with E-state index in [9.17, 15) is 12.9 Å². The Hall–Kier alpha value is -2.11. The molecule has 0 atom stereocenters. The molecule has 0 aromatic heterocycles. The van der Waals surface area contributed by atoms with Gasteiger partial charge in [-0.05, 0) is 23.8 Å². The first-order valence-electron chi connectivity index (χ1n) is 6.05. The summed E-state index contributed by atoms with van der Waals surface area (Å²) in [4.78, 5) is 0. The van der Waals surface area contributed by atoms with E-state index in [1.54, 1.807) is 24.3 Å². The lowest BCUT2D eigenvalue weighted by molar-refractivity contribution is 0.306. The van der Waals surface area contributed by atoms with Crippen molar-refractivity contribution in [1.29, 1.82) is 0 Å². The van der Waals surface area contributed by atoms with Gasteiger partial charge in [0.15, 0.2) is 0 Å². The number of hydrogen-bond donors (Lipinski definition) is 0. The predicted molar refractivity (Wildman–Crippen MR) is 72.5 cm³/mol. The van der Waals surface area contributed by atoms with E-state index in [-0.39, 0.29) is 18.1 Å². The van der Waals surface area contributed by atoms with E-state index < -0.39 is 12.4 Å². The van der Waals surface area contributed by atoms with Crippen molar-refractivity contribution >= 4 is 12.4 Å². The summed E-state index contributed by atoms with van der Waals surface area (Å²) in [5.41, 5.74) is 0.0317. The van der Waals surface area contributed by atoms with Crippen LogP contribution in [0.5, 0.6) is 11.5 Å². The highest BCUT2D eigenvalue weighted by Crippen LogP contribution is 2.23. The Morgan fingerprint density at radius 1 is 1.00 bits per heavy atom. The van der Waals surface area contributed by atoms with E-state index in [1.165, 1.54) is 19.2 Å². The Labute approximate surface area is 115 Å². The van der Waals surface area contributed by atoms with E-state index in [2.05, 4.69) is 0 Å². The van der Waals surface area contributed by atoms with Crippen LogP contribution in [0.2, 0.25) is 0 Å². The molecule has 0 N–H and O–H groups in total. The quantitative estimate of drug-likeness (QED) is 0.783. The van der Waals surface area contributed by atoms with Gasteiger partial charge in [-0.2, -0.15) is 0 Å². The Kier molecular flexibility index (Phi) is 4.22. The lowest BCUT2D eigenvalue weighted by Gasteiger charge is -2.20. The van der Waals surface area contributed by atoms with Crippen molar-refractivity contribution in [2.24, 2.45) is 0 Å². The van der Waals surface area contributed by atoms with Crippen LogP contribution in [-0.4, -0.2) is 14.1 Å². The lowest BCUT2D eigenvalue weighted by Crippen LogP contribution is -2.35. The Bertz CT molecular complexity index is 570. The van der Waals surface area contributed by atoms with Crippen LogP contribution < -0.4 is 14.9 Å². The smallest absolute Gasteiger partial charge is 0.497 e. The zero-order chi connectivity index (χ0) is 14.6. The number of methoxy groups -OCH3 is 1. The first-order chi connectivity index (χ1) is 9.50. The van der Waals surface area contributed by atoms with Gasteiger partial charge in [-0.3, -0.25) is 0 Å². The summed E-state index contributed by atoms with van der Waals surface area (Å²) in [6, 6.07) is 12.7. The minimum atomic E-state index is -5.15. The van der Waals surface area contributed by atoms with Crippen LogP contribution in [0.25, 0.3) is 0 Å². The Morgan fingerprint density at radius 3 is 2.30 bits per heavy atom. The molecule has 0 bridgehead atoms. The van der Waals surface area contributed by atoms with E-state index in [4.69, 9.17) is 9.47 Å². The van der Waals surface area contributed by atoms with Gasteiger partial charge in [0.05, 0.1) is 12.9 Å². The van der Waals surface area contributed by atoms with E-state index >= 15 is 0 Å². The largest absolute Gasteiger partial charge is 0.513 e. The average molecular weight is 281 g/mol. The van der Waals surface area contributed by atoms with Crippen molar-refractivity contribution in [3.63, 3.8) is 0 Å². The van der Waals surface area contributed by atoms with Crippen LogP contribution in [0.3, 0.4) is 0 Å². The number of rotatable bonds is 5. The number of benzene rings is 2. The molecule has 2 rings (SSSR count). The minimum absolute atomic E-state index is 0.0896. The molecule has 0 heterocycles. The van der Waals surface area contributed by atoms with Crippen LogP contribution in [-0.2, 0) is 6.61 Å². The van der Waals surface area contributed by atoms with E-state index in [0.29, 0.717) is 0 Å². The van der Waals surface area contributed by atoms with Gasteiger partial charge in [0.1, 0.15) is 12.4 Å². The third kappa shape index (κ3) is 3.47. The van der Waals surface area contributed by atoms with E-state index in [0.717, 1.165) is 11.6 Å². The van der Waals surface area contributed by atoms with Crippen molar-refractivity contribution in [2.45, 2.75) is 6.61 Å². The van der Waals surface area contributed by atoms with Gasteiger partial charge < -0.3 is 22.4 Å². The van der Waals surface area contributed by atoms with Crippen LogP contribution >= 0.6 is 0 Å². The summed E-state index contributed by atoms with van der Waals surface area (Å²) < 4.78 is 49.2. The van der Waals surface area contributed by atoms with Gasteiger partial charge in [0.25, 0.3) is 0 Å². The molecule has 0 aliphatic rings. The molecular weight excluding hydrogens is 268 g/mol. The van der Waals surface area contributed by atoms with Gasteiger partial charge in [-0.15, -0.1) is 0 Å². The van der Waals surface area contributed by atoms with Crippen molar-refractivity contribution in [2.75, 3.05) is 7.11 Å². The second-order valence-electron chi connectivity index (χ2n) is 4.25. The molecule has 2 aromatic rings. The van der Waals surface area contributed by atoms with Crippen molar-refractivity contribution in [3.05, 3.63) is 54.1 Å². The Morgan fingerprint density at radius 2 is 1.70 bits per heavy atom. The maximum atomic E-state index is 13.0. The van der Waals surface area contributed by atoms with E-state index in [1.807, 2.05) is 6.07 Å². The van der Waals surface area contributed by atoms with Crippen LogP contribution in [0.4, 0.5) is 12.9 Å². The molecule has 6 heteroatoms. The van der Waals surface area contributed by atoms with Gasteiger partial charge in [-0.25, -0.2) is 0 Å². The number of halogens is 3. The third-order valence-electron chi connectivity index (χ3n) is 2.81. The lowest BCUT2D eigenvalue weighted by atomic mass is 9.79. The highest BCUT2D eigenvalue weighted by molar-refractivity contribution is 6.74. The summed E-state index contributed by atoms with van der Waals surface area (Å²) in [5.74, 6) is -0.0200. The molecule has 0 saturated carbocycles. The Balaban J connectivity index is 2.23. The fourth-order valence-electron chi connectivity index (χ4n) is 1.78. The summed E-state index contributed by atoms with van der Waals surface area (Å²) in [5, 5.41) is 0. The normalized spacial score (nSPS) is 11.2. The summed E-state index contributed by atoms with van der Waals surface area (Å²) in [7, 11) is 1.33. The molecular formula is C14H13BF3O2-. The zero-order valence-electron chi connectivity index (χ0n) is 10.9. The van der Waals surface area contributed by atoms with Crippen LogP contribution in [0, 0.1) is 0 Å². The molecule has 0 amide bonds. The van der Waals surface area contributed by atoms with Gasteiger partial charge >= 0.3 is 6.98 Å². The van der Waals surface area contributed by atoms with Gasteiger partial charge in [-0.1, -0.05) is 35.8 Å². The monoisotopic (exact) mass is 281 g/mol. The van der Waals surface area contributed by atoms with Crippen molar-refractivity contribution < 1.29 is 22.4 Å². The summed E-state index contributed by atoms with van der Waals surface area (Å²) in [6.45, 7) is -5.06. The van der Waals surface area contributed by atoms with Crippen LogP contribution in [0.1, 0.15) is 5.56 Å². The SMILES string of the molecule is COc1ccc(OCc2ccccc2)c([B-](F)(F)F)c1. The summed E-state index contributed by atoms with van der Waals surface area (Å²) >= 11 is 0. The topological polar surface area (TPSA) is 18.5 Å². The molecule has 0 fully saturated rings. The predicted octanol–water partition coefficient (Wildman–Crippen LogP) is 3.33. The molecule has 0 unspecified atom stereocenters. The molecule has 0 aliphatic heterocycles. The molecule has 0 radical (unpaired) electrons. The van der Waals surface area contributed by atoms with Crippen LogP contribution in [0.15, 0.2) is 48.5 Å². The molecule has 2 aromatic carbocycles. The average Bonchev–Trinajstić information content (AvgIpc) is 2.45. The fraction of sp³-hybridized carbons (Fsp3) is 0.143. The van der Waals surface area contributed by atoms with Gasteiger partial charge in [0.2, 0.25) is 0 Å². The highest BCUT2D eigenvalue weighted by Gasteiger charge is 2.29. The number of ether oxygens (including phenoxy) is 2. The first-order valence-corrected chi connectivity index (χ1v) is 6.05. The maximum Gasteiger partial charge on any atom is 0.513 e. The molecule has 0 aliphatic carbocycles. The minimum Gasteiger partial charge on any atom is -0.497 e. The molecule has 2 nitrogen and oxygen atoms in total. The fourth-order valence-corrected chi connectivity index (χ4v) is 1.78. The molecule has 0 spiro atoms. The standard InChI is InChI=1S/C14H13BF3O2/c1-19-12-7-8-14(13(9-12)15(16,17)18)20-10-11-5-3-2-4-6-11/h2-9H,10H2,1H3/q-1. The second kappa shape index (κ2) is 5.90. The highest BCUT2D eigenvalue weighted by atomic mass is 19.4. The summed E-state index contributed by atoms with van der Waals surface area (Å²) in [6.07, 6.45) is 0. The maximum absolute atomic E-state index is 13.0. The van der Waals surface area contributed by atoms with Crippen molar-refractivity contribution in [3.8, 4) is 11.5 Å². The molecule has 106 valence electrons. The first kappa shape index (κ1) is 14.3. The number of hydrogen-bond acceptors (Lipinski definition) is 2. The van der Waals surface area contributed by atoms with Crippen molar-refractivity contribution in [1.82, 2.24) is 0 Å². The third-order valence-corrected chi connectivity index (χ3v) is 2.81. The second-order valence-corrected chi connectivity index (χ2v) is 4.25. The van der Waals surface area contributed by atoms with Gasteiger partial charge in [0, 0.05) is 0 Å². The zero-order valence-corrected chi connectivity index (χ0v) is 10.9. The molecule has 20 heavy (non-hydrogen) atoms. The molecule has 0 saturated heterocycles.